The molecular weight excluding hydrogens is 256 g/mol. The van der Waals surface area contributed by atoms with E-state index in [0.717, 1.165) is 13.0 Å². The van der Waals surface area contributed by atoms with Crippen LogP contribution in [0.4, 0.5) is 5.82 Å². The van der Waals surface area contributed by atoms with Gasteiger partial charge in [0.1, 0.15) is 17.6 Å². The lowest BCUT2D eigenvalue weighted by atomic mass is 10.2. The number of nitrogens with one attached hydrogen (secondary N) is 3. The number of likely N-dealkylation sites (N-methyl/N-ethyl adjacent to an activating group) is 1. The van der Waals surface area contributed by atoms with Crippen molar-refractivity contribution < 1.29 is 9.59 Å². The SMILES string of the molecule is CCCNc1cccc(C(=O)NC(C)C(=O)NCC)n1. The fourth-order valence-electron chi connectivity index (χ4n) is 1.58. The Kier molecular flexibility index (Phi) is 6.49. The number of carbonyl (C=O) groups excluding carboxylic acids is 2. The van der Waals surface area contributed by atoms with Crippen molar-refractivity contribution in [3.63, 3.8) is 0 Å². The van der Waals surface area contributed by atoms with Crippen molar-refractivity contribution >= 4 is 17.6 Å². The zero-order valence-electron chi connectivity index (χ0n) is 12.2. The standard InChI is InChI=1S/C14H22N4O2/c1-4-9-16-12-8-6-7-11(18-12)14(20)17-10(3)13(19)15-5-2/h6-8,10H,4-5,9H2,1-3H3,(H,15,19)(H,16,18)(H,17,20). The Morgan fingerprint density at radius 1 is 1.30 bits per heavy atom. The second kappa shape index (κ2) is 8.14. The van der Waals surface area contributed by atoms with Crippen LogP contribution < -0.4 is 16.0 Å². The summed E-state index contributed by atoms with van der Waals surface area (Å²) in [6.07, 6.45) is 0.978. The van der Waals surface area contributed by atoms with Gasteiger partial charge in [0.25, 0.3) is 5.91 Å². The highest BCUT2D eigenvalue weighted by Crippen LogP contribution is 2.05. The van der Waals surface area contributed by atoms with E-state index in [4.69, 9.17) is 0 Å². The highest BCUT2D eigenvalue weighted by Gasteiger charge is 2.16. The fraction of sp³-hybridized carbons (Fsp3) is 0.500. The molecule has 1 aromatic heterocycles. The summed E-state index contributed by atoms with van der Waals surface area (Å²) in [5.41, 5.74) is 0.294. The molecule has 0 aliphatic heterocycles. The zero-order valence-corrected chi connectivity index (χ0v) is 12.2. The van der Waals surface area contributed by atoms with E-state index in [1.807, 2.05) is 6.92 Å². The molecule has 1 rings (SSSR count). The molecule has 0 radical (unpaired) electrons. The number of amides is 2. The quantitative estimate of drug-likeness (QED) is 0.699. The molecule has 1 aromatic rings. The van der Waals surface area contributed by atoms with E-state index in [0.29, 0.717) is 18.1 Å². The van der Waals surface area contributed by atoms with Gasteiger partial charge in [-0.1, -0.05) is 13.0 Å². The number of carbonyl (C=O) groups is 2. The number of rotatable bonds is 7. The second-order valence-corrected chi connectivity index (χ2v) is 4.42. The van der Waals surface area contributed by atoms with Crippen molar-refractivity contribution in [3.8, 4) is 0 Å². The minimum atomic E-state index is -0.587. The van der Waals surface area contributed by atoms with Crippen molar-refractivity contribution in [3.05, 3.63) is 23.9 Å². The molecule has 6 heteroatoms. The van der Waals surface area contributed by atoms with Crippen molar-refractivity contribution in [2.24, 2.45) is 0 Å². The molecule has 1 atom stereocenters. The van der Waals surface area contributed by atoms with Crippen LogP contribution in [0.5, 0.6) is 0 Å². The van der Waals surface area contributed by atoms with Gasteiger partial charge >= 0.3 is 0 Å². The van der Waals surface area contributed by atoms with Crippen molar-refractivity contribution in [2.75, 3.05) is 18.4 Å². The molecule has 0 saturated carbocycles. The third kappa shape index (κ3) is 4.87. The van der Waals surface area contributed by atoms with Crippen LogP contribution in [0.3, 0.4) is 0 Å². The Bertz CT molecular complexity index is 462. The average Bonchev–Trinajstić information content (AvgIpc) is 2.45. The summed E-state index contributed by atoms with van der Waals surface area (Å²) in [5.74, 6) is 0.0928. The summed E-state index contributed by atoms with van der Waals surface area (Å²) in [5, 5.41) is 8.39. The molecule has 0 aromatic carbocycles. The summed E-state index contributed by atoms with van der Waals surface area (Å²) >= 11 is 0. The van der Waals surface area contributed by atoms with E-state index in [1.165, 1.54) is 0 Å². The van der Waals surface area contributed by atoms with E-state index < -0.39 is 6.04 Å². The van der Waals surface area contributed by atoms with Crippen molar-refractivity contribution in [2.45, 2.75) is 33.2 Å². The molecule has 110 valence electrons. The van der Waals surface area contributed by atoms with Crippen molar-refractivity contribution in [1.29, 1.82) is 0 Å². The molecule has 0 fully saturated rings. The number of aromatic nitrogens is 1. The first-order chi connectivity index (χ1) is 9.58. The number of hydrogen-bond acceptors (Lipinski definition) is 4. The number of nitrogens with zero attached hydrogens (tertiary/aromatic N) is 1. The summed E-state index contributed by atoms with van der Waals surface area (Å²) in [6, 6.07) is 4.60. The summed E-state index contributed by atoms with van der Waals surface area (Å²) < 4.78 is 0. The smallest absolute Gasteiger partial charge is 0.270 e. The van der Waals surface area contributed by atoms with E-state index in [1.54, 1.807) is 25.1 Å². The van der Waals surface area contributed by atoms with E-state index in [-0.39, 0.29) is 11.8 Å². The lowest BCUT2D eigenvalue weighted by molar-refractivity contribution is -0.122. The maximum atomic E-state index is 12.0. The Labute approximate surface area is 119 Å². The highest BCUT2D eigenvalue weighted by molar-refractivity contribution is 5.96. The summed E-state index contributed by atoms with van der Waals surface area (Å²) in [4.78, 5) is 27.8. The first-order valence-electron chi connectivity index (χ1n) is 6.88. The third-order valence-corrected chi connectivity index (χ3v) is 2.63. The van der Waals surface area contributed by atoms with Crippen molar-refractivity contribution in [1.82, 2.24) is 15.6 Å². The molecule has 0 aliphatic carbocycles. The fourth-order valence-corrected chi connectivity index (χ4v) is 1.58. The molecular formula is C14H22N4O2. The van der Waals surface area contributed by atoms with Crippen LogP contribution in [-0.2, 0) is 4.79 Å². The molecule has 6 nitrogen and oxygen atoms in total. The van der Waals surface area contributed by atoms with Crippen LogP contribution in [0.15, 0.2) is 18.2 Å². The van der Waals surface area contributed by atoms with Crippen LogP contribution in [-0.4, -0.2) is 35.9 Å². The monoisotopic (exact) mass is 278 g/mol. The van der Waals surface area contributed by atoms with Gasteiger partial charge in [-0.15, -0.1) is 0 Å². The Morgan fingerprint density at radius 3 is 2.70 bits per heavy atom. The molecule has 0 saturated heterocycles. The molecule has 0 bridgehead atoms. The second-order valence-electron chi connectivity index (χ2n) is 4.42. The zero-order chi connectivity index (χ0) is 15.0. The number of anilines is 1. The Morgan fingerprint density at radius 2 is 2.05 bits per heavy atom. The van der Waals surface area contributed by atoms with E-state index in [2.05, 4.69) is 27.9 Å². The predicted molar refractivity (Wildman–Crippen MR) is 78.6 cm³/mol. The molecule has 1 unspecified atom stereocenters. The van der Waals surface area contributed by atoms with Crippen LogP contribution >= 0.6 is 0 Å². The van der Waals surface area contributed by atoms with Crippen LogP contribution in [0.25, 0.3) is 0 Å². The molecule has 20 heavy (non-hydrogen) atoms. The lowest BCUT2D eigenvalue weighted by Crippen LogP contribution is -2.44. The number of hydrogen-bond donors (Lipinski definition) is 3. The average molecular weight is 278 g/mol. The molecule has 0 aliphatic rings. The molecule has 2 amide bonds. The van der Waals surface area contributed by atoms with Gasteiger partial charge in [0.05, 0.1) is 0 Å². The van der Waals surface area contributed by atoms with Crippen LogP contribution in [0.1, 0.15) is 37.7 Å². The van der Waals surface area contributed by atoms with Gasteiger partial charge in [-0.25, -0.2) is 4.98 Å². The molecule has 3 N–H and O–H groups in total. The van der Waals surface area contributed by atoms with E-state index in [9.17, 15) is 9.59 Å². The maximum absolute atomic E-state index is 12.0. The van der Waals surface area contributed by atoms with E-state index >= 15 is 0 Å². The number of pyridine rings is 1. The van der Waals surface area contributed by atoms with Gasteiger partial charge in [0, 0.05) is 13.1 Å². The van der Waals surface area contributed by atoms with Gasteiger partial charge < -0.3 is 16.0 Å². The third-order valence-electron chi connectivity index (χ3n) is 2.63. The van der Waals surface area contributed by atoms with Gasteiger partial charge in [-0.05, 0) is 32.4 Å². The lowest BCUT2D eigenvalue weighted by Gasteiger charge is -2.13. The van der Waals surface area contributed by atoms with Gasteiger partial charge in [0.15, 0.2) is 0 Å². The molecule has 1 heterocycles. The van der Waals surface area contributed by atoms with Crippen LogP contribution in [0, 0.1) is 0 Å². The maximum Gasteiger partial charge on any atom is 0.270 e. The van der Waals surface area contributed by atoms with Gasteiger partial charge in [-0.2, -0.15) is 0 Å². The molecule has 0 spiro atoms. The first-order valence-corrected chi connectivity index (χ1v) is 6.88. The minimum Gasteiger partial charge on any atom is -0.370 e. The van der Waals surface area contributed by atoms with Gasteiger partial charge in [-0.3, -0.25) is 9.59 Å². The van der Waals surface area contributed by atoms with Crippen LogP contribution in [0.2, 0.25) is 0 Å². The summed E-state index contributed by atoms with van der Waals surface area (Å²) in [6.45, 7) is 6.86. The topological polar surface area (TPSA) is 83.1 Å². The first kappa shape index (κ1) is 15.9. The predicted octanol–water partition coefficient (Wildman–Crippen LogP) is 1.16. The normalized spacial score (nSPS) is 11.6. The Hall–Kier alpha value is -2.11. The largest absolute Gasteiger partial charge is 0.370 e. The highest BCUT2D eigenvalue weighted by atomic mass is 16.2. The Balaban J connectivity index is 2.65. The minimum absolute atomic E-state index is 0.207. The summed E-state index contributed by atoms with van der Waals surface area (Å²) in [7, 11) is 0. The van der Waals surface area contributed by atoms with Gasteiger partial charge in [0.2, 0.25) is 5.91 Å².